The maximum absolute atomic E-state index is 15.7. The molecule has 72 heavy (non-hydrogen) atoms. The molecule has 3 aromatic rings. The molecule has 1 heterocycles. The highest BCUT2D eigenvalue weighted by Gasteiger charge is 2.78. The zero-order chi connectivity index (χ0) is 52.6. The van der Waals surface area contributed by atoms with Crippen LogP contribution in [0.25, 0.3) is 0 Å². The summed E-state index contributed by atoms with van der Waals surface area (Å²) >= 11 is 17.6. The molecular formula is C51H54Cl3NO17. The normalized spacial score (nSPS) is 29.1. The molecule has 3 N–H and O–H groups in total. The number of aliphatic hydroxyl groups excluding tert-OH is 1. The van der Waals surface area contributed by atoms with E-state index in [0.29, 0.717) is 5.56 Å². The first-order valence-electron chi connectivity index (χ1n) is 22.9. The van der Waals surface area contributed by atoms with Gasteiger partial charge in [-0.3, -0.25) is 14.4 Å². The Morgan fingerprint density at radius 3 is 2.03 bits per heavy atom. The molecule has 386 valence electrons. The molecule has 11 atom stereocenters. The number of carbonyl (C=O) groups is 7. The first-order valence-corrected chi connectivity index (χ1v) is 24.0. The predicted octanol–water partition coefficient (Wildman–Crippen LogP) is 6.76. The minimum atomic E-state index is -2.52. The molecule has 1 saturated heterocycles. The molecule has 1 aliphatic heterocycles. The summed E-state index contributed by atoms with van der Waals surface area (Å²) in [5.41, 5.74) is -7.52. The van der Waals surface area contributed by atoms with Crippen molar-refractivity contribution in [1.82, 2.24) is 5.32 Å². The maximum atomic E-state index is 15.7. The molecular weight excluding hydrogens is 1000 g/mol. The van der Waals surface area contributed by atoms with Crippen LogP contribution in [0, 0.1) is 16.7 Å². The number of esters is 4. The van der Waals surface area contributed by atoms with E-state index < -0.39 is 129 Å². The van der Waals surface area contributed by atoms with Gasteiger partial charge in [-0.25, -0.2) is 19.2 Å². The molecule has 1 amide bonds. The lowest BCUT2D eigenvalue weighted by atomic mass is 9.44. The van der Waals surface area contributed by atoms with Crippen molar-refractivity contribution in [2.75, 3.05) is 13.2 Å². The van der Waals surface area contributed by atoms with Crippen molar-refractivity contribution in [2.45, 2.75) is 119 Å². The number of rotatable bonds is 13. The Hall–Kier alpha value is -5.76. The van der Waals surface area contributed by atoms with Gasteiger partial charge in [0.15, 0.2) is 17.5 Å². The van der Waals surface area contributed by atoms with E-state index in [1.165, 1.54) is 52.0 Å². The minimum Gasteiger partial charge on any atom is -0.455 e. The highest BCUT2D eigenvalue weighted by atomic mass is 35.6. The molecule has 2 bridgehead atoms. The van der Waals surface area contributed by atoms with Crippen LogP contribution in [0.15, 0.2) is 102 Å². The summed E-state index contributed by atoms with van der Waals surface area (Å²) in [5, 5.41) is 28.6. The van der Waals surface area contributed by atoms with Gasteiger partial charge in [0.1, 0.15) is 43.2 Å². The average Bonchev–Trinajstić information content (AvgIpc) is 3.32. The monoisotopic (exact) mass is 1060 g/mol. The van der Waals surface area contributed by atoms with Crippen LogP contribution in [0.3, 0.4) is 0 Å². The Balaban J connectivity index is 1.39. The van der Waals surface area contributed by atoms with Crippen molar-refractivity contribution in [3.05, 3.63) is 119 Å². The summed E-state index contributed by atoms with van der Waals surface area (Å²) < 4.78 is 44.6. The Bertz CT molecular complexity index is 2590. The number of aliphatic hydroxyl groups is 2. The fourth-order valence-electron chi connectivity index (χ4n) is 10.6. The topological polar surface area (TPSA) is 246 Å². The van der Waals surface area contributed by atoms with Crippen molar-refractivity contribution < 1.29 is 81.7 Å². The number of Topliss-reactive ketones (excluding diaryl/α,β-unsaturated/α-hetero) is 1. The first kappa shape index (κ1) is 54.0. The molecule has 3 aliphatic carbocycles. The Morgan fingerprint density at radius 2 is 1.46 bits per heavy atom. The molecule has 0 aromatic heterocycles. The summed E-state index contributed by atoms with van der Waals surface area (Å²) in [6, 6.07) is 22.5. The standard InChI is InChI=1S/C51H54Cl3NO17/c1-27-33(69-44(61)39(70-46(63)67-26-51(52,53)54)37(31-18-12-8-13-19-31)55-45(62)65-24-30-16-10-7-11-17-30)23-50(64)42(71-43(60)32-20-14-9-15-21-32)40-48(6,34(58)22-35-49(40,25-66-35)72-29(3)57)41(59)38(68-28(2)56)36(27)47(50,4)5/h7-21,33-35,37-40,42,58,64H,22-26H2,1-6H3,(H,55,62)/t33?,34-,35?,37-,38+,39?,40?,42?,48+,49-,50+/m0/s1. The van der Waals surface area contributed by atoms with Crippen LogP contribution >= 0.6 is 34.8 Å². The van der Waals surface area contributed by atoms with E-state index in [-0.39, 0.29) is 41.9 Å². The molecule has 2 saturated carbocycles. The van der Waals surface area contributed by atoms with E-state index in [0.717, 1.165) is 13.8 Å². The third kappa shape index (κ3) is 10.5. The van der Waals surface area contributed by atoms with Crippen molar-refractivity contribution in [3.63, 3.8) is 0 Å². The highest BCUT2D eigenvalue weighted by Crippen LogP contribution is 2.64. The number of alkyl halides is 3. The molecule has 4 aliphatic rings. The molecule has 3 aromatic carbocycles. The largest absolute Gasteiger partial charge is 0.509 e. The number of hydrogen-bond donors (Lipinski definition) is 3. The SMILES string of the molecule is CC(=O)O[C@H]1C(=O)[C@@]2(C)C(C(OC(=O)c3ccccc3)[C@]3(O)CC(OC(=O)C(OC(=O)OCC(Cl)(Cl)Cl)[C@@H](NC(=O)OCc4ccccc4)c4ccccc4)C(C)=C1C3(C)C)[C@]1(OC(C)=O)COC1C[C@@H]2O. The van der Waals surface area contributed by atoms with Gasteiger partial charge >= 0.3 is 36.1 Å². The summed E-state index contributed by atoms with van der Waals surface area (Å²) in [6.07, 6.45) is -14.0. The quantitative estimate of drug-likeness (QED) is 0.0692. The van der Waals surface area contributed by atoms with E-state index >= 15 is 9.59 Å². The molecule has 3 fully saturated rings. The number of hydrogen-bond acceptors (Lipinski definition) is 17. The van der Waals surface area contributed by atoms with Gasteiger partial charge < -0.3 is 53.4 Å². The summed E-state index contributed by atoms with van der Waals surface area (Å²) in [7, 11) is 0. The second-order valence-electron chi connectivity index (χ2n) is 19.0. The van der Waals surface area contributed by atoms with Crippen molar-refractivity contribution in [2.24, 2.45) is 16.7 Å². The third-order valence-corrected chi connectivity index (χ3v) is 14.5. The number of nitrogens with one attached hydrogen (secondary N) is 1. The summed E-state index contributed by atoms with van der Waals surface area (Å²) in [4.78, 5) is 98.6. The third-order valence-electron chi connectivity index (χ3n) is 14.2. The number of benzene rings is 3. The first-order chi connectivity index (χ1) is 33.8. The van der Waals surface area contributed by atoms with Crippen LogP contribution in [-0.2, 0) is 63.7 Å². The average molecular weight is 1060 g/mol. The van der Waals surface area contributed by atoms with Crippen molar-refractivity contribution >= 4 is 76.7 Å². The number of amides is 1. The Morgan fingerprint density at radius 1 is 0.847 bits per heavy atom. The minimum absolute atomic E-state index is 0.0141. The number of alkyl carbamates (subject to hydrolysis) is 1. The molecule has 0 radical (unpaired) electrons. The van der Waals surface area contributed by atoms with Gasteiger partial charge in [0, 0.05) is 32.1 Å². The zero-order valence-corrected chi connectivity index (χ0v) is 42.2. The molecule has 7 rings (SSSR count). The molecule has 5 unspecified atom stereocenters. The number of halogens is 3. The van der Waals surface area contributed by atoms with E-state index in [1.807, 2.05) is 0 Å². The lowest BCUT2D eigenvalue weighted by Crippen LogP contribution is -2.82. The van der Waals surface area contributed by atoms with Crippen LogP contribution in [-0.4, -0.2) is 117 Å². The van der Waals surface area contributed by atoms with E-state index in [9.17, 15) is 34.2 Å². The van der Waals surface area contributed by atoms with E-state index in [4.69, 9.17) is 72.7 Å². The Labute approximate surface area is 429 Å². The lowest BCUT2D eigenvalue weighted by molar-refractivity contribution is -0.346. The van der Waals surface area contributed by atoms with E-state index in [2.05, 4.69) is 5.32 Å². The van der Waals surface area contributed by atoms with Gasteiger partial charge in [-0.2, -0.15) is 0 Å². The van der Waals surface area contributed by atoms with Crippen LogP contribution in [0.4, 0.5) is 9.59 Å². The second-order valence-corrected chi connectivity index (χ2v) is 21.5. The summed E-state index contributed by atoms with van der Waals surface area (Å²) in [6.45, 7) is 6.57. The number of fused-ring (bicyclic) bond motifs is 5. The molecule has 0 spiro atoms. The second kappa shape index (κ2) is 21.0. The Kier molecular flexibility index (Phi) is 15.8. The van der Waals surface area contributed by atoms with Gasteiger partial charge in [0.25, 0.3) is 0 Å². The number of ether oxygens (including phenoxy) is 8. The summed E-state index contributed by atoms with van der Waals surface area (Å²) in [5.74, 6) is -6.73. The smallest absolute Gasteiger partial charge is 0.455 e. The van der Waals surface area contributed by atoms with Crippen LogP contribution < -0.4 is 5.32 Å². The molecule has 21 heteroatoms. The number of carbonyl (C=O) groups excluding carboxylic acids is 7. The van der Waals surface area contributed by atoms with Crippen molar-refractivity contribution in [3.8, 4) is 0 Å². The van der Waals surface area contributed by atoms with Gasteiger partial charge in [-0.15, -0.1) is 0 Å². The fraction of sp³-hybridized carbons (Fsp3) is 0.471. The van der Waals surface area contributed by atoms with Crippen molar-refractivity contribution in [1.29, 1.82) is 0 Å². The fourth-order valence-corrected chi connectivity index (χ4v) is 10.8. The zero-order valence-electron chi connectivity index (χ0n) is 40.0. The highest BCUT2D eigenvalue weighted by molar-refractivity contribution is 6.67. The lowest BCUT2D eigenvalue weighted by Gasteiger charge is -2.67. The van der Waals surface area contributed by atoms with E-state index in [1.54, 1.807) is 66.7 Å². The van der Waals surface area contributed by atoms with Gasteiger partial charge in [0.2, 0.25) is 9.90 Å². The van der Waals surface area contributed by atoms with Gasteiger partial charge in [0.05, 0.1) is 29.6 Å². The predicted molar refractivity (Wildman–Crippen MR) is 254 cm³/mol. The van der Waals surface area contributed by atoms with Crippen LogP contribution in [0.5, 0.6) is 0 Å². The maximum Gasteiger partial charge on any atom is 0.509 e. The van der Waals surface area contributed by atoms with Crippen LogP contribution in [0.1, 0.15) is 81.9 Å². The van der Waals surface area contributed by atoms with Gasteiger partial charge in [-0.1, -0.05) is 128 Å². The molecule has 18 nitrogen and oxygen atoms in total. The van der Waals surface area contributed by atoms with Gasteiger partial charge in [-0.05, 0) is 48.3 Å². The van der Waals surface area contributed by atoms with Crippen LogP contribution in [0.2, 0.25) is 0 Å². The number of ketones is 1.